The quantitative estimate of drug-likeness (QED) is 0.748. The molecule has 19 heavy (non-hydrogen) atoms. The molecule has 3 aromatic rings. The van der Waals surface area contributed by atoms with E-state index in [0.29, 0.717) is 6.54 Å². The van der Waals surface area contributed by atoms with Gasteiger partial charge in [-0.25, -0.2) is 4.79 Å². The molecular weight excluding hydrogens is 236 g/mol. The molecule has 0 atom stereocenters. The number of nitrogens with zero attached hydrogens (tertiary/aromatic N) is 1. The Morgan fingerprint density at radius 2 is 1.74 bits per heavy atom. The molecule has 0 aliphatic heterocycles. The van der Waals surface area contributed by atoms with Crippen LogP contribution in [0.2, 0.25) is 0 Å². The molecule has 1 N–H and O–H groups in total. The summed E-state index contributed by atoms with van der Waals surface area (Å²) < 4.78 is 1.81. The molecule has 0 aliphatic rings. The van der Waals surface area contributed by atoms with Gasteiger partial charge in [-0.1, -0.05) is 36.4 Å². The molecule has 0 saturated carbocycles. The lowest BCUT2D eigenvalue weighted by atomic mass is 10.1. The molecule has 0 fully saturated rings. The van der Waals surface area contributed by atoms with Crippen LogP contribution in [0.4, 0.5) is 0 Å². The molecule has 0 unspecified atom stereocenters. The molecule has 0 aliphatic carbocycles. The van der Waals surface area contributed by atoms with Gasteiger partial charge in [0.2, 0.25) is 0 Å². The predicted molar refractivity (Wildman–Crippen MR) is 77.6 cm³/mol. The third-order valence-corrected chi connectivity index (χ3v) is 3.58. The van der Waals surface area contributed by atoms with Crippen molar-refractivity contribution < 1.29 is 0 Å². The van der Waals surface area contributed by atoms with Gasteiger partial charge in [0.05, 0.1) is 17.6 Å². The molecule has 3 rings (SSSR count). The van der Waals surface area contributed by atoms with E-state index >= 15 is 0 Å². The first-order chi connectivity index (χ1) is 9.16. The number of benzene rings is 2. The summed E-state index contributed by atoms with van der Waals surface area (Å²) in [4.78, 5) is 15.0. The van der Waals surface area contributed by atoms with E-state index in [0.717, 1.165) is 16.6 Å². The molecule has 1 aromatic heterocycles. The highest BCUT2D eigenvalue weighted by Crippen LogP contribution is 2.17. The number of imidazole rings is 1. The number of aryl methyl sites for hydroxylation is 2. The van der Waals surface area contributed by atoms with Crippen molar-refractivity contribution in [3.05, 3.63) is 69.6 Å². The summed E-state index contributed by atoms with van der Waals surface area (Å²) in [6.07, 6.45) is 0. The van der Waals surface area contributed by atoms with Gasteiger partial charge in [0, 0.05) is 0 Å². The fourth-order valence-electron chi connectivity index (χ4n) is 2.51. The van der Waals surface area contributed by atoms with Crippen LogP contribution in [0.15, 0.2) is 47.3 Å². The molecule has 0 saturated heterocycles. The van der Waals surface area contributed by atoms with Gasteiger partial charge in [-0.2, -0.15) is 0 Å². The summed E-state index contributed by atoms with van der Waals surface area (Å²) in [5.41, 5.74) is 5.34. The highest BCUT2D eigenvalue weighted by Gasteiger charge is 2.09. The minimum absolute atomic E-state index is 0.0486. The molecule has 2 aromatic carbocycles. The number of fused-ring (bicyclic) bond motifs is 1. The zero-order valence-electron chi connectivity index (χ0n) is 11.1. The van der Waals surface area contributed by atoms with Crippen LogP contribution in [0.1, 0.15) is 16.7 Å². The first-order valence-electron chi connectivity index (χ1n) is 6.39. The lowest BCUT2D eigenvalue weighted by Gasteiger charge is -2.08. The van der Waals surface area contributed by atoms with Crippen molar-refractivity contribution in [1.29, 1.82) is 0 Å². The summed E-state index contributed by atoms with van der Waals surface area (Å²) in [6.45, 7) is 4.71. The Labute approximate surface area is 111 Å². The minimum atomic E-state index is -0.0486. The molecular formula is C16H16N2O. The second-order valence-electron chi connectivity index (χ2n) is 4.91. The Morgan fingerprint density at radius 3 is 2.53 bits per heavy atom. The van der Waals surface area contributed by atoms with E-state index in [1.807, 2.05) is 41.8 Å². The Morgan fingerprint density at radius 1 is 1.00 bits per heavy atom. The number of nitrogens with one attached hydrogen (secondary N) is 1. The van der Waals surface area contributed by atoms with Gasteiger partial charge in [0.25, 0.3) is 0 Å². The van der Waals surface area contributed by atoms with Crippen molar-refractivity contribution in [2.45, 2.75) is 20.4 Å². The maximum absolute atomic E-state index is 12.1. The maximum atomic E-state index is 12.1. The zero-order valence-corrected chi connectivity index (χ0v) is 11.1. The third-order valence-electron chi connectivity index (χ3n) is 3.58. The number of rotatable bonds is 2. The van der Waals surface area contributed by atoms with Crippen LogP contribution in [-0.2, 0) is 6.54 Å². The van der Waals surface area contributed by atoms with Crippen LogP contribution in [-0.4, -0.2) is 9.55 Å². The summed E-state index contributed by atoms with van der Waals surface area (Å²) in [6, 6.07) is 14.1. The fourth-order valence-corrected chi connectivity index (χ4v) is 2.51. The monoisotopic (exact) mass is 252 g/mol. The minimum Gasteiger partial charge on any atom is -0.306 e. The summed E-state index contributed by atoms with van der Waals surface area (Å²) in [7, 11) is 0. The van der Waals surface area contributed by atoms with Gasteiger partial charge in [-0.3, -0.25) is 4.57 Å². The predicted octanol–water partition coefficient (Wildman–Crippen LogP) is 2.99. The number of aromatic amines is 1. The Hall–Kier alpha value is -2.29. The fraction of sp³-hybridized carbons (Fsp3) is 0.188. The molecule has 0 amide bonds. The van der Waals surface area contributed by atoms with Crippen molar-refractivity contribution in [1.82, 2.24) is 9.55 Å². The van der Waals surface area contributed by atoms with E-state index in [4.69, 9.17) is 0 Å². The Balaban J connectivity index is 2.19. The summed E-state index contributed by atoms with van der Waals surface area (Å²) in [5.74, 6) is 0. The molecule has 0 spiro atoms. The normalized spacial score (nSPS) is 11.1. The zero-order chi connectivity index (χ0) is 13.4. The second-order valence-corrected chi connectivity index (χ2v) is 4.91. The van der Waals surface area contributed by atoms with Crippen molar-refractivity contribution in [3.8, 4) is 0 Å². The first-order valence-corrected chi connectivity index (χ1v) is 6.39. The summed E-state index contributed by atoms with van der Waals surface area (Å²) >= 11 is 0. The number of H-pyrrole nitrogens is 1. The Kier molecular flexibility index (Phi) is 2.75. The standard InChI is InChI=1S/C16H16N2O/c1-11-6-3-4-8-13(11)10-18-15-12(2)7-5-9-14(15)17-16(18)19/h3-9H,10H2,1-2H3,(H,17,19). The molecule has 3 nitrogen and oxygen atoms in total. The highest BCUT2D eigenvalue weighted by molar-refractivity contribution is 5.78. The third kappa shape index (κ3) is 1.97. The van der Waals surface area contributed by atoms with Gasteiger partial charge in [-0.05, 0) is 36.6 Å². The lowest BCUT2D eigenvalue weighted by Crippen LogP contribution is -2.18. The number of para-hydroxylation sites is 1. The second kappa shape index (κ2) is 4.43. The van der Waals surface area contributed by atoms with Gasteiger partial charge in [-0.15, -0.1) is 0 Å². The highest BCUT2D eigenvalue weighted by atomic mass is 16.1. The van der Waals surface area contributed by atoms with E-state index in [-0.39, 0.29) is 5.69 Å². The lowest BCUT2D eigenvalue weighted by molar-refractivity contribution is 0.780. The Bertz CT molecular complexity index is 796. The van der Waals surface area contributed by atoms with Crippen molar-refractivity contribution in [2.24, 2.45) is 0 Å². The van der Waals surface area contributed by atoms with Crippen molar-refractivity contribution in [2.75, 3.05) is 0 Å². The average Bonchev–Trinajstić information content (AvgIpc) is 2.70. The van der Waals surface area contributed by atoms with Gasteiger partial charge < -0.3 is 4.98 Å². The van der Waals surface area contributed by atoms with E-state index in [9.17, 15) is 4.79 Å². The van der Waals surface area contributed by atoms with Crippen LogP contribution >= 0.6 is 0 Å². The van der Waals surface area contributed by atoms with Crippen LogP contribution in [0.25, 0.3) is 11.0 Å². The topological polar surface area (TPSA) is 37.8 Å². The van der Waals surface area contributed by atoms with Crippen LogP contribution < -0.4 is 5.69 Å². The van der Waals surface area contributed by atoms with Gasteiger partial charge in [0.15, 0.2) is 0 Å². The van der Waals surface area contributed by atoms with Crippen molar-refractivity contribution in [3.63, 3.8) is 0 Å². The molecule has 1 heterocycles. The van der Waals surface area contributed by atoms with E-state index < -0.39 is 0 Å². The van der Waals surface area contributed by atoms with Crippen molar-refractivity contribution >= 4 is 11.0 Å². The largest absolute Gasteiger partial charge is 0.326 e. The van der Waals surface area contributed by atoms with Crippen LogP contribution in [0, 0.1) is 13.8 Å². The first kappa shape index (κ1) is 11.8. The van der Waals surface area contributed by atoms with Crippen LogP contribution in [0.3, 0.4) is 0 Å². The maximum Gasteiger partial charge on any atom is 0.326 e. The van der Waals surface area contributed by atoms with E-state index in [2.05, 4.69) is 24.0 Å². The summed E-state index contributed by atoms with van der Waals surface area (Å²) in [5, 5.41) is 0. The molecule has 0 bridgehead atoms. The number of hydrogen-bond donors (Lipinski definition) is 1. The van der Waals surface area contributed by atoms with E-state index in [1.165, 1.54) is 11.1 Å². The SMILES string of the molecule is Cc1ccccc1Cn1c(=O)[nH]c2cccc(C)c21. The van der Waals surface area contributed by atoms with Gasteiger partial charge >= 0.3 is 5.69 Å². The van der Waals surface area contributed by atoms with Crippen LogP contribution in [0.5, 0.6) is 0 Å². The number of hydrogen-bond acceptors (Lipinski definition) is 1. The molecule has 96 valence electrons. The molecule has 0 radical (unpaired) electrons. The molecule has 3 heteroatoms. The van der Waals surface area contributed by atoms with E-state index in [1.54, 1.807) is 0 Å². The average molecular weight is 252 g/mol. The number of aromatic nitrogens is 2. The van der Waals surface area contributed by atoms with Gasteiger partial charge in [0.1, 0.15) is 0 Å². The smallest absolute Gasteiger partial charge is 0.306 e.